The van der Waals surface area contributed by atoms with Crippen LogP contribution in [-0.4, -0.2) is 48.7 Å². The Morgan fingerprint density at radius 1 is 1.00 bits per heavy atom. The van der Waals surface area contributed by atoms with E-state index in [-0.39, 0.29) is 5.91 Å². The van der Waals surface area contributed by atoms with E-state index < -0.39 is 0 Å². The Bertz CT molecular complexity index is 983. The van der Waals surface area contributed by atoms with Crippen LogP contribution in [0, 0.1) is 6.92 Å². The van der Waals surface area contributed by atoms with Gasteiger partial charge in [0.1, 0.15) is 5.75 Å². The van der Waals surface area contributed by atoms with E-state index in [0.29, 0.717) is 6.42 Å². The maximum atomic E-state index is 13.0. The molecule has 0 aliphatic carbocycles. The van der Waals surface area contributed by atoms with Gasteiger partial charge in [-0.15, -0.1) is 0 Å². The molecule has 1 fully saturated rings. The molecule has 1 amide bonds. The maximum absolute atomic E-state index is 13.0. The number of carbonyl (C=O) groups excluding carboxylic acids is 1. The average Bonchev–Trinajstić information content (AvgIpc) is 2.99. The Morgan fingerprint density at radius 3 is 2.36 bits per heavy atom. The predicted molar refractivity (Wildman–Crippen MR) is 113 cm³/mol. The summed E-state index contributed by atoms with van der Waals surface area (Å²) in [5.74, 6) is 1.08. The van der Waals surface area contributed by atoms with Gasteiger partial charge in [-0.1, -0.05) is 18.2 Å². The fourth-order valence-corrected chi connectivity index (χ4v) is 4.09. The molecule has 28 heavy (non-hydrogen) atoms. The highest BCUT2D eigenvalue weighted by atomic mass is 16.5. The second-order valence-corrected chi connectivity index (χ2v) is 7.38. The Labute approximate surface area is 166 Å². The number of ether oxygens (including phenoxy) is 1. The molecule has 1 aliphatic rings. The first-order valence-electron chi connectivity index (χ1n) is 9.78. The topological polar surface area (TPSA) is 37.7 Å². The van der Waals surface area contributed by atoms with Crippen LogP contribution in [-0.2, 0) is 18.3 Å². The predicted octanol–water partition coefficient (Wildman–Crippen LogP) is 3.39. The number of rotatable bonds is 4. The van der Waals surface area contributed by atoms with Crippen molar-refractivity contribution in [3.63, 3.8) is 0 Å². The molecule has 0 atom stereocenters. The molecule has 0 N–H and O–H groups in total. The SMILES string of the molecule is COc1ccc(N2CCN(C(=O)Cc3c(C)n(C)c4ccccc34)CC2)cc1. The number of amides is 1. The van der Waals surface area contributed by atoms with Gasteiger partial charge in [0, 0.05) is 55.5 Å². The first-order chi connectivity index (χ1) is 13.6. The molecule has 146 valence electrons. The lowest BCUT2D eigenvalue weighted by Gasteiger charge is -2.36. The molecule has 1 aliphatic heterocycles. The number of carbonyl (C=O) groups is 1. The van der Waals surface area contributed by atoms with Crippen LogP contribution in [0.3, 0.4) is 0 Å². The maximum Gasteiger partial charge on any atom is 0.227 e. The van der Waals surface area contributed by atoms with Gasteiger partial charge in [0.15, 0.2) is 0 Å². The highest BCUT2D eigenvalue weighted by Crippen LogP contribution is 2.26. The second kappa shape index (κ2) is 7.58. The van der Waals surface area contributed by atoms with E-state index in [1.807, 2.05) is 29.2 Å². The van der Waals surface area contributed by atoms with Crippen molar-refractivity contribution in [2.45, 2.75) is 13.3 Å². The second-order valence-electron chi connectivity index (χ2n) is 7.38. The lowest BCUT2D eigenvalue weighted by atomic mass is 10.1. The Morgan fingerprint density at radius 2 is 1.68 bits per heavy atom. The van der Waals surface area contributed by atoms with E-state index in [9.17, 15) is 4.79 Å². The molecule has 0 unspecified atom stereocenters. The van der Waals surface area contributed by atoms with Crippen LogP contribution in [0.5, 0.6) is 5.75 Å². The summed E-state index contributed by atoms with van der Waals surface area (Å²) in [5, 5.41) is 1.19. The summed E-state index contributed by atoms with van der Waals surface area (Å²) in [6, 6.07) is 16.4. The number of hydrogen-bond donors (Lipinski definition) is 0. The lowest BCUT2D eigenvalue weighted by Crippen LogP contribution is -2.49. The van der Waals surface area contributed by atoms with Crippen LogP contribution in [0.2, 0.25) is 0 Å². The number of methoxy groups -OCH3 is 1. The summed E-state index contributed by atoms with van der Waals surface area (Å²) in [6.45, 7) is 5.33. The van der Waals surface area contributed by atoms with Gasteiger partial charge in [0.25, 0.3) is 0 Å². The molecule has 1 aromatic heterocycles. The van der Waals surface area contributed by atoms with Gasteiger partial charge in [-0.2, -0.15) is 0 Å². The standard InChI is InChI=1S/C23H27N3O2/c1-17-21(20-6-4-5-7-22(20)24(17)2)16-23(27)26-14-12-25(13-15-26)18-8-10-19(28-3)11-9-18/h4-11H,12-16H2,1-3H3. The highest BCUT2D eigenvalue weighted by Gasteiger charge is 2.23. The number of aromatic nitrogens is 1. The summed E-state index contributed by atoms with van der Waals surface area (Å²) < 4.78 is 7.41. The van der Waals surface area contributed by atoms with Crippen molar-refractivity contribution in [3.05, 3.63) is 59.8 Å². The first-order valence-corrected chi connectivity index (χ1v) is 9.78. The van der Waals surface area contributed by atoms with Gasteiger partial charge in [-0.3, -0.25) is 4.79 Å². The van der Waals surface area contributed by atoms with E-state index in [0.717, 1.165) is 37.5 Å². The number of para-hydroxylation sites is 1. The average molecular weight is 377 g/mol. The van der Waals surface area contributed by atoms with E-state index in [1.54, 1.807) is 7.11 Å². The van der Waals surface area contributed by atoms with Crippen LogP contribution in [0.4, 0.5) is 5.69 Å². The largest absolute Gasteiger partial charge is 0.497 e. The van der Waals surface area contributed by atoms with Crippen molar-refractivity contribution in [2.75, 3.05) is 38.2 Å². The van der Waals surface area contributed by atoms with Crippen LogP contribution >= 0.6 is 0 Å². The molecule has 0 saturated carbocycles. The van der Waals surface area contributed by atoms with Gasteiger partial charge < -0.3 is 19.1 Å². The molecule has 4 rings (SSSR count). The van der Waals surface area contributed by atoms with Gasteiger partial charge >= 0.3 is 0 Å². The fourth-order valence-electron chi connectivity index (χ4n) is 4.09. The van der Waals surface area contributed by atoms with E-state index in [4.69, 9.17) is 4.74 Å². The molecule has 1 saturated heterocycles. The third kappa shape index (κ3) is 3.33. The summed E-state index contributed by atoms with van der Waals surface area (Å²) >= 11 is 0. The van der Waals surface area contributed by atoms with Crippen molar-refractivity contribution in [3.8, 4) is 5.75 Å². The zero-order valence-electron chi connectivity index (χ0n) is 16.8. The number of piperazine rings is 1. The molecule has 2 heterocycles. The van der Waals surface area contributed by atoms with E-state index in [2.05, 4.69) is 47.7 Å². The number of aryl methyl sites for hydroxylation is 1. The van der Waals surface area contributed by atoms with Crippen molar-refractivity contribution < 1.29 is 9.53 Å². The number of benzene rings is 2. The van der Waals surface area contributed by atoms with Crippen molar-refractivity contribution in [1.29, 1.82) is 0 Å². The normalized spacial score (nSPS) is 14.5. The molecule has 3 aromatic rings. The summed E-state index contributed by atoms with van der Waals surface area (Å²) in [5.41, 5.74) is 4.69. The van der Waals surface area contributed by atoms with Gasteiger partial charge in [-0.05, 0) is 42.8 Å². The zero-order chi connectivity index (χ0) is 19.7. The van der Waals surface area contributed by atoms with Crippen LogP contribution < -0.4 is 9.64 Å². The molecule has 0 radical (unpaired) electrons. The van der Waals surface area contributed by atoms with Crippen LogP contribution in [0.1, 0.15) is 11.3 Å². The summed E-state index contributed by atoms with van der Waals surface area (Å²) in [6.07, 6.45) is 0.468. The molecule has 0 spiro atoms. The summed E-state index contributed by atoms with van der Waals surface area (Å²) in [4.78, 5) is 17.3. The third-order valence-electron chi connectivity index (χ3n) is 5.93. The smallest absolute Gasteiger partial charge is 0.227 e. The number of fused-ring (bicyclic) bond motifs is 1. The zero-order valence-corrected chi connectivity index (χ0v) is 16.8. The minimum Gasteiger partial charge on any atom is -0.497 e. The minimum absolute atomic E-state index is 0.217. The monoisotopic (exact) mass is 377 g/mol. The van der Waals surface area contributed by atoms with Crippen LogP contribution in [0.15, 0.2) is 48.5 Å². The molecular weight excluding hydrogens is 350 g/mol. The van der Waals surface area contributed by atoms with E-state index >= 15 is 0 Å². The molecule has 0 bridgehead atoms. The Kier molecular flexibility index (Phi) is 4.99. The van der Waals surface area contributed by atoms with Gasteiger partial charge in [-0.25, -0.2) is 0 Å². The van der Waals surface area contributed by atoms with Crippen LogP contribution in [0.25, 0.3) is 10.9 Å². The number of hydrogen-bond acceptors (Lipinski definition) is 3. The molecule has 2 aromatic carbocycles. The van der Waals surface area contributed by atoms with E-state index in [1.165, 1.54) is 22.3 Å². The summed E-state index contributed by atoms with van der Waals surface area (Å²) in [7, 11) is 3.75. The third-order valence-corrected chi connectivity index (χ3v) is 5.93. The molecule has 5 heteroatoms. The number of nitrogens with zero attached hydrogens (tertiary/aromatic N) is 3. The quantitative estimate of drug-likeness (QED) is 0.700. The van der Waals surface area contributed by atoms with Crippen molar-refractivity contribution in [2.24, 2.45) is 7.05 Å². The lowest BCUT2D eigenvalue weighted by molar-refractivity contribution is -0.130. The van der Waals surface area contributed by atoms with Gasteiger partial charge in [0.05, 0.1) is 13.5 Å². The van der Waals surface area contributed by atoms with Crippen molar-refractivity contribution >= 4 is 22.5 Å². The fraction of sp³-hybridized carbons (Fsp3) is 0.348. The minimum atomic E-state index is 0.217. The molecular formula is C23H27N3O2. The Hall–Kier alpha value is -2.95. The number of anilines is 1. The van der Waals surface area contributed by atoms with Crippen molar-refractivity contribution in [1.82, 2.24) is 9.47 Å². The Balaban J connectivity index is 1.43. The van der Waals surface area contributed by atoms with Gasteiger partial charge in [0.2, 0.25) is 5.91 Å². The highest BCUT2D eigenvalue weighted by molar-refractivity contribution is 5.90. The first kappa shape index (κ1) is 18.4. The molecule has 5 nitrogen and oxygen atoms in total.